The lowest BCUT2D eigenvalue weighted by Gasteiger charge is -1.82. The average molecular weight is 180 g/mol. The fraction of sp³-hybridized carbons (Fsp3) is 0.182. The third kappa shape index (κ3) is 10.4. The maximum absolute atomic E-state index is 9.25. The van der Waals surface area contributed by atoms with Crippen LogP contribution in [0, 0.1) is 6.92 Å². The van der Waals surface area contributed by atoms with Crippen molar-refractivity contribution >= 4 is 5.97 Å². The van der Waals surface area contributed by atoms with Crippen molar-refractivity contribution in [1.82, 2.24) is 0 Å². The van der Waals surface area contributed by atoms with Gasteiger partial charge in [-0.3, -0.25) is 0 Å². The molecule has 0 aromatic heterocycles. The molecule has 0 heterocycles. The fourth-order valence-corrected chi connectivity index (χ4v) is 0.534. The number of carbonyl (C=O) groups is 1. The summed E-state index contributed by atoms with van der Waals surface area (Å²) in [6, 6.07) is 10.3. The monoisotopic (exact) mass is 180 g/mol. The Labute approximate surface area is 79.5 Å². The Morgan fingerprint density at radius 2 is 1.77 bits per heavy atom. The Morgan fingerprint density at radius 3 is 1.92 bits per heavy atom. The van der Waals surface area contributed by atoms with Crippen LogP contribution in [0.25, 0.3) is 0 Å². The zero-order valence-electron chi connectivity index (χ0n) is 7.03. The summed E-state index contributed by atoms with van der Waals surface area (Å²) in [4.78, 5) is 9.25. The highest BCUT2D eigenvalue weighted by atomic mass is 16.4. The molecule has 1 rings (SSSR count). The quantitative estimate of drug-likeness (QED) is 0.675. The second-order valence-electron chi connectivity index (χ2n) is 2.20. The lowest BCUT2D eigenvalue weighted by Crippen LogP contribution is -1.82. The van der Waals surface area contributed by atoms with E-state index in [0.717, 1.165) is 6.08 Å². The Hall–Kier alpha value is -1.57. The SMILES string of the molecule is C.C=CC(=O)O.Cc1ccccc1. The number of hydrogen-bond acceptors (Lipinski definition) is 1. The van der Waals surface area contributed by atoms with Crippen LogP contribution in [0.2, 0.25) is 0 Å². The zero-order chi connectivity index (χ0) is 9.40. The Balaban J connectivity index is 0. The number of aryl methyl sites for hydroxylation is 1. The molecule has 13 heavy (non-hydrogen) atoms. The van der Waals surface area contributed by atoms with Crippen molar-refractivity contribution in [2.75, 3.05) is 0 Å². The van der Waals surface area contributed by atoms with Crippen molar-refractivity contribution in [3.63, 3.8) is 0 Å². The Morgan fingerprint density at radius 1 is 1.38 bits per heavy atom. The minimum atomic E-state index is -0.981. The van der Waals surface area contributed by atoms with Crippen LogP contribution in [0.1, 0.15) is 13.0 Å². The van der Waals surface area contributed by atoms with E-state index >= 15 is 0 Å². The van der Waals surface area contributed by atoms with Gasteiger partial charge in [0.15, 0.2) is 0 Å². The van der Waals surface area contributed by atoms with E-state index in [2.05, 4.69) is 25.6 Å². The van der Waals surface area contributed by atoms with Crippen molar-refractivity contribution in [1.29, 1.82) is 0 Å². The summed E-state index contributed by atoms with van der Waals surface area (Å²) in [5, 5.41) is 7.60. The smallest absolute Gasteiger partial charge is 0.327 e. The maximum Gasteiger partial charge on any atom is 0.327 e. The first-order valence-electron chi connectivity index (χ1n) is 3.54. The molecule has 0 saturated carbocycles. The molecule has 0 spiro atoms. The van der Waals surface area contributed by atoms with Crippen molar-refractivity contribution in [3.05, 3.63) is 48.6 Å². The molecule has 0 aliphatic rings. The third-order valence-corrected chi connectivity index (χ3v) is 1.12. The normalized spacial score (nSPS) is 7.15. The molecule has 0 atom stereocenters. The molecule has 0 aliphatic carbocycles. The van der Waals surface area contributed by atoms with Crippen molar-refractivity contribution < 1.29 is 9.90 Å². The fourth-order valence-electron chi connectivity index (χ4n) is 0.534. The highest BCUT2D eigenvalue weighted by Gasteiger charge is 1.73. The van der Waals surface area contributed by atoms with Gasteiger partial charge in [-0.05, 0) is 6.92 Å². The van der Waals surface area contributed by atoms with Crippen LogP contribution in [0.3, 0.4) is 0 Å². The standard InChI is InChI=1S/C7H8.C3H4O2.CH4/c1-7-5-3-2-4-6-7;1-2-3(4)5;/h2-6H,1H3;2H,1H2,(H,4,5);1H4. The van der Waals surface area contributed by atoms with E-state index in [0.29, 0.717) is 0 Å². The Kier molecular flexibility index (Phi) is 9.17. The summed E-state index contributed by atoms with van der Waals surface area (Å²) in [5.74, 6) is -0.981. The predicted molar refractivity (Wildman–Crippen MR) is 55.7 cm³/mol. The number of benzene rings is 1. The maximum atomic E-state index is 9.25. The molecule has 72 valence electrons. The minimum Gasteiger partial charge on any atom is -0.478 e. The molecule has 0 unspecified atom stereocenters. The first kappa shape index (κ1) is 14.0. The van der Waals surface area contributed by atoms with Gasteiger partial charge in [-0.2, -0.15) is 0 Å². The van der Waals surface area contributed by atoms with E-state index in [9.17, 15) is 4.79 Å². The van der Waals surface area contributed by atoms with Gasteiger partial charge in [-0.1, -0.05) is 49.9 Å². The number of carboxylic acid groups (broad SMARTS) is 1. The van der Waals surface area contributed by atoms with Crippen LogP contribution in [0.5, 0.6) is 0 Å². The zero-order valence-corrected chi connectivity index (χ0v) is 7.03. The minimum absolute atomic E-state index is 0. The van der Waals surface area contributed by atoms with Crippen LogP contribution in [-0.2, 0) is 4.79 Å². The molecule has 2 nitrogen and oxygen atoms in total. The van der Waals surface area contributed by atoms with E-state index < -0.39 is 5.97 Å². The van der Waals surface area contributed by atoms with Gasteiger partial charge >= 0.3 is 5.97 Å². The molecular weight excluding hydrogens is 164 g/mol. The number of carboxylic acids is 1. The molecule has 0 bridgehead atoms. The van der Waals surface area contributed by atoms with Gasteiger partial charge in [0.05, 0.1) is 0 Å². The largest absolute Gasteiger partial charge is 0.478 e. The van der Waals surface area contributed by atoms with Crippen LogP contribution in [0.15, 0.2) is 43.0 Å². The molecule has 1 aromatic rings. The molecule has 0 aliphatic heterocycles. The topological polar surface area (TPSA) is 37.3 Å². The highest BCUT2D eigenvalue weighted by Crippen LogP contribution is 1.92. The van der Waals surface area contributed by atoms with E-state index in [1.165, 1.54) is 5.56 Å². The van der Waals surface area contributed by atoms with Gasteiger partial charge in [0, 0.05) is 6.08 Å². The first-order chi connectivity index (χ1) is 5.66. The average Bonchev–Trinajstić information content (AvgIpc) is 2.07. The molecule has 1 aromatic carbocycles. The second kappa shape index (κ2) is 8.53. The molecule has 2 heteroatoms. The molecule has 1 N–H and O–H groups in total. The van der Waals surface area contributed by atoms with Gasteiger partial charge in [-0.25, -0.2) is 4.79 Å². The molecule has 0 fully saturated rings. The van der Waals surface area contributed by atoms with E-state index in [-0.39, 0.29) is 7.43 Å². The number of hydrogen-bond donors (Lipinski definition) is 1. The van der Waals surface area contributed by atoms with Gasteiger partial charge in [0.25, 0.3) is 0 Å². The van der Waals surface area contributed by atoms with Gasteiger partial charge in [0.2, 0.25) is 0 Å². The molecule has 0 saturated heterocycles. The summed E-state index contributed by atoms with van der Waals surface area (Å²) in [6.45, 7) is 5.04. The third-order valence-electron chi connectivity index (χ3n) is 1.12. The van der Waals surface area contributed by atoms with Crippen LogP contribution in [0.4, 0.5) is 0 Å². The van der Waals surface area contributed by atoms with Gasteiger partial charge in [0.1, 0.15) is 0 Å². The van der Waals surface area contributed by atoms with Gasteiger partial charge < -0.3 is 5.11 Å². The summed E-state index contributed by atoms with van der Waals surface area (Å²) >= 11 is 0. The molecule has 0 amide bonds. The van der Waals surface area contributed by atoms with Crippen LogP contribution in [-0.4, -0.2) is 11.1 Å². The van der Waals surface area contributed by atoms with E-state index in [1.54, 1.807) is 0 Å². The van der Waals surface area contributed by atoms with Crippen LogP contribution >= 0.6 is 0 Å². The van der Waals surface area contributed by atoms with E-state index in [4.69, 9.17) is 5.11 Å². The van der Waals surface area contributed by atoms with E-state index in [1.807, 2.05) is 18.2 Å². The van der Waals surface area contributed by atoms with Crippen molar-refractivity contribution in [2.45, 2.75) is 14.4 Å². The van der Waals surface area contributed by atoms with Crippen molar-refractivity contribution in [3.8, 4) is 0 Å². The highest BCUT2D eigenvalue weighted by molar-refractivity contribution is 5.78. The van der Waals surface area contributed by atoms with Crippen molar-refractivity contribution in [2.24, 2.45) is 0 Å². The van der Waals surface area contributed by atoms with Gasteiger partial charge in [-0.15, -0.1) is 0 Å². The molecular formula is C11H16O2. The van der Waals surface area contributed by atoms with Crippen LogP contribution < -0.4 is 0 Å². The molecule has 0 radical (unpaired) electrons. The number of rotatable bonds is 1. The summed E-state index contributed by atoms with van der Waals surface area (Å²) in [5.41, 5.74) is 1.32. The number of aliphatic carboxylic acids is 1. The summed E-state index contributed by atoms with van der Waals surface area (Å²) in [7, 11) is 0. The lowest BCUT2D eigenvalue weighted by molar-refractivity contribution is -0.131. The summed E-state index contributed by atoms with van der Waals surface area (Å²) < 4.78 is 0. The Bertz CT molecular complexity index is 240. The predicted octanol–water partition coefficient (Wildman–Crippen LogP) is 2.89. The summed E-state index contributed by atoms with van der Waals surface area (Å²) in [6.07, 6.45) is 0.833. The first-order valence-corrected chi connectivity index (χ1v) is 3.54. The lowest BCUT2D eigenvalue weighted by atomic mass is 10.2. The second-order valence-corrected chi connectivity index (χ2v) is 2.20.